The van der Waals surface area contributed by atoms with Gasteiger partial charge in [0.2, 0.25) is 23.4 Å². The van der Waals surface area contributed by atoms with Crippen molar-refractivity contribution in [1.82, 2.24) is 31.9 Å². The number of ketones is 2. The quantitative estimate of drug-likeness (QED) is 0.0359. The molecule has 0 bridgehead atoms. The predicted molar refractivity (Wildman–Crippen MR) is 233 cm³/mol. The van der Waals surface area contributed by atoms with E-state index in [1.165, 1.54) is 24.3 Å². The zero-order chi connectivity index (χ0) is 42.7. The van der Waals surface area contributed by atoms with Crippen molar-refractivity contribution in [1.29, 1.82) is 0 Å². The van der Waals surface area contributed by atoms with E-state index in [1.807, 2.05) is 60.7 Å². The summed E-state index contributed by atoms with van der Waals surface area (Å²) in [6.45, 7) is 8.30. The van der Waals surface area contributed by atoms with E-state index < -0.39 is 11.8 Å². The van der Waals surface area contributed by atoms with Crippen LogP contribution >= 0.6 is 0 Å². The number of hydrogen-bond acceptors (Lipinski definition) is 8. The number of nitrogens with one attached hydrogen (secondary N) is 6. The molecule has 0 saturated carbocycles. The standard InChI is InChI=1S/C48H56F2N6O4/c1-33(37-17-19-39(41(49)29-37)35-13-5-3-6-14-35)47(59)55-27-11-23-51-21-9-25-53-43-31-46(58)44(32-45(43)57)54-26-10-22-52-24-12-28-56-48(60)34(2)38-18-20-40(42(50)30-38)36-15-7-4-8-16-36/h3-8,13-20,29-34,51-54H,9-12,21-28H2,1-2H3,(H,55,59)(H,56,60)/t33-,34-/m0/s1. The highest BCUT2D eigenvalue weighted by atomic mass is 19.1. The minimum atomic E-state index is -0.482. The zero-order valence-electron chi connectivity index (χ0n) is 34.4. The Morgan fingerprint density at radius 1 is 0.500 bits per heavy atom. The summed E-state index contributed by atoms with van der Waals surface area (Å²) in [6, 6.07) is 28.5. The molecular formula is C48H56F2N6O4. The maximum absolute atomic E-state index is 14.8. The predicted octanol–water partition coefficient (Wildman–Crippen LogP) is 6.28. The third kappa shape index (κ3) is 13.5. The molecule has 2 atom stereocenters. The molecular weight excluding hydrogens is 763 g/mol. The molecule has 0 radical (unpaired) electrons. The first-order chi connectivity index (χ1) is 29.1. The highest BCUT2D eigenvalue weighted by Crippen LogP contribution is 2.28. The highest BCUT2D eigenvalue weighted by molar-refractivity contribution is 6.19. The second kappa shape index (κ2) is 23.6. The number of allylic oxidation sites excluding steroid dienone is 2. The van der Waals surface area contributed by atoms with Gasteiger partial charge in [-0.15, -0.1) is 0 Å². The summed E-state index contributed by atoms with van der Waals surface area (Å²) in [6.07, 6.45) is 5.56. The average molecular weight is 819 g/mol. The third-order valence-electron chi connectivity index (χ3n) is 10.4. The SMILES string of the molecule is C[C@H](C(=O)NCCCNCCCNC1=CC(=O)C(NCCCNCCCNC(=O)[C@@H](C)c2ccc(-c3ccccc3)c(F)c2)=CC1=O)c1ccc(-c2ccccc2)c(F)c1. The van der Waals surface area contributed by atoms with Crippen molar-refractivity contribution in [3.8, 4) is 22.3 Å². The lowest BCUT2D eigenvalue weighted by Gasteiger charge is -2.16. The lowest BCUT2D eigenvalue weighted by molar-refractivity contribution is -0.123. The Labute approximate surface area is 351 Å². The summed E-state index contributed by atoms with van der Waals surface area (Å²) in [7, 11) is 0. The Bertz CT molecular complexity index is 1970. The van der Waals surface area contributed by atoms with Gasteiger partial charge in [-0.1, -0.05) is 84.9 Å². The van der Waals surface area contributed by atoms with Crippen LogP contribution in [-0.4, -0.2) is 75.7 Å². The first-order valence-electron chi connectivity index (χ1n) is 20.8. The fourth-order valence-electron chi connectivity index (χ4n) is 6.72. The van der Waals surface area contributed by atoms with Crippen LogP contribution in [0.3, 0.4) is 0 Å². The number of benzene rings is 4. The van der Waals surface area contributed by atoms with Crippen LogP contribution in [0.5, 0.6) is 0 Å². The molecule has 4 aromatic carbocycles. The summed E-state index contributed by atoms with van der Waals surface area (Å²) < 4.78 is 29.6. The number of hydrogen-bond donors (Lipinski definition) is 6. The van der Waals surface area contributed by atoms with Gasteiger partial charge in [-0.25, -0.2) is 8.78 Å². The smallest absolute Gasteiger partial charge is 0.227 e. The number of halogens is 2. The van der Waals surface area contributed by atoms with Crippen LogP contribution in [0, 0.1) is 11.6 Å². The summed E-state index contributed by atoms with van der Waals surface area (Å²) in [5, 5.41) is 18.6. The molecule has 10 nitrogen and oxygen atoms in total. The van der Waals surface area contributed by atoms with Gasteiger partial charge in [0.05, 0.1) is 23.2 Å². The van der Waals surface area contributed by atoms with Crippen molar-refractivity contribution in [2.75, 3.05) is 52.4 Å². The lowest BCUT2D eigenvalue weighted by Crippen LogP contribution is -2.32. The summed E-state index contributed by atoms with van der Waals surface area (Å²) in [5.74, 6) is -2.50. The maximum atomic E-state index is 14.8. The second-order valence-corrected chi connectivity index (χ2v) is 14.8. The van der Waals surface area contributed by atoms with E-state index in [0.717, 1.165) is 36.8 Å². The van der Waals surface area contributed by atoms with Crippen LogP contribution in [0.25, 0.3) is 22.3 Å². The molecule has 0 spiro atoms. The Morgan fingerprint density at radius 2 is 0.867 bits per heavy atom. The molecule has 4 aromatic rings. The molecule has 0 unspecified atom stereocenters. The number of rotatable bonds is 24. The van der Waals surface area contributed by atoms with Crippen LogP contribution in [0.2, 0.25) is 0 Å². The minimum absolute atomic E-state index is 0.156. The van der Waals surface area contributed by atoms with Gasteiger partial charge >= 0.3 is 0 Å². The number of carbonyl (C=O) groups is 4. The van der Waals surface area contributed by atoms with E-state index in [2.05, 4.69) is 31.9 Å². The van der Waals surface area contributed by atoms with Crippen molar-refractivity contribution in [3.63, 3.8) is 0 Å². The lowest BCUT2D eigenvalue weighted by atomic mass is 9.96. The van der Waals surface area contributed by atoms with Gasteiger partial charge in [-0.2, -0.15) is 0 Å². The van der Waals surface area contributed by atoms with Crippen molar-refractivity contribution in [3.05, 3.63) is 143 Å². The fraction of sp³-hybridized carbons (Fsp3) is 0.333. The van der Waals surface area contributed by atoms with Gasteiger partial charge in [-0.3, -0.25) is 19.2 Å². The molecule has 0 saturated heterocycles. The topological polar surface area (TPSA) is 140 Å². The molecule has 316 valence electrons. The molecule has 0 heterocycles. The van der Waals surface area contributed by atoms with E-state index in [-0.39, 0.29) is 46.4 Å². The Kier molecular flexibility index (Phi) is 17.7. The second-order valence-electron chi connectivity index (χ2n) is 14.8. The Balaban J connectivity index is 0.853. The Hall–Kier alpha value is -5.98. The number of amides is 2. The largest absolute Gasteiger partial charge is 0.382 e. The molecule has 2 amide bonds. The van der Waals surface area contributed by atoms with Crippen LogP contribution in [0.1, 0.15) is 62.5 Å². The molecule has 60 heavy (non-hydrogen) atoms. The van der Waals surface area contributed by atoms with Gasteiger partial charge in [0.1, 0.15) is 11.6 Å². The van der Waals surface area contributed by atoms with Gasteiger partial charge in [0.15, 0.2) is 0 Å². The van der Waals surface area contributed by atoms with Crippen LogP contribution in [0.15, 0.2) is 121 Å². The normalized spacial score (nSPS) is 13.5. The van der Waals surface area contributed by atoms with E-state index in [1.54, 1.807) is 38.1 Å². The summed E-state index contributed by atoms with van der Waals surface area (Å²) in [5.41, 5.74) is 4.38. The minimum Gasteiger partial charge on any atom is -0.382 e. The monoisotopic (exact) mass is 818 g/mol. The van der Waals surface area contributed by atoms with E-state index >= 15 is 0 Å². The van der Waals surface area contributed by atoms with Crippen LogP contribution < -0.4 is 31.9 Å². The van der Waals surface area contributed by atoms with Crippen molar-refractivity contribution in [2.24, 2.45) is 0 Å². The molecule has 0 aromatic heterocycles. The van der Waals surface area contributed by atoms with Crippen molar-refractivity contribution in [2.45, 2.75) is 51.4 Å². The summed E-state index contributed by atoms with van der Waals surface area (Å²) in [4.78, 5) is 50.6. The van der Waals surface area contributed by atoms with Crippen LogP contribution in [0.4, 0.5) is 8.78 Å². The third-order valence-corrected chi connectivity index (χ3v) is 10.4. The van der Waals surface area contributed by atoms with Crippen LogP contribution in [-0.2, 0) is 19.2 Å². The zero-order valence-corrected chi connectivity index (χ0v) is 34.4. The molecule has 5 rings (SSSR count). The van der Waals surface area contributed by atoms with Crippen molar-refractivity contribution < 1.29 is 28.0 Å². The maximum Gasteiger partial charge on any atom is 0.227 e. The van der Waals surface area contributed by atoms with E-state index in [9.17, 15) is 28.0 Å². The molecule has 12 heteroatoms. The average Bonchev–Trinajstić information content (AvgIpc) is 3.26. The molecule has 0 fully saturated rings. The Morgan fingerprint density at radius 3 is 1.23 bits per heavy atom. The summed E-state index contributed by atoms with van der Waals surface area (Å²) >= 11 is 0. The molecule has 6 N–H and O–H groups in total. The van der Waals surface area contributed by atoms with E-state index in [0.29, 0.717) is 74.6 Å². The number of carbonyl (C=O) groups excluding carboxylic acids is 4. The van der Waals surface area contributed by atoms with E-state index in [4.69, 9.17) is 0 Å². The van der Waals surface area contributed by atoms with Crippen molar-refractivity contribution >= 4 is 23.4 Å². The molecule has 0 aliphatic heterocycles. The first-order valence-corrected chi connectivity index (χ1v) is 20.8. The van der Waals surface area contributed by atoms with Gasteiger partial charge in [0, 0.05) is 49.5 Å². The van der Waals surface area contributed by atoms with Gasteiger partial charge in [-0.05, 0) is 100 Å². The molecule has 1 aliphatic carbocycles. The van der Waals surface area contributed by atoms with Gasteiger partial charge < -0.3 is 31.9 Å². The highest BCUT2D eigenvalue weighted by Gasteiger charge is 2.21. The first kappa shape index (κ1) is 45.1. The molecule has 1 aliphatic rings. The van der Waals surface area contributed by atoms with Gasteiger partial charge in [0.25, 0.3) is 0 Å². The fourth-order valence-corrected chi connectivity index (χ4v) is 6.72.